The Labute approximate surface area is 155 Å². The highest BCUT2D eigenvalue weighted by Crippen LogP contribution is 2.32. The number of carbonyl (C=O) groups is 1. The first-order chi connectivity index (χ1) is 12.2. The molecule has 1 saturated carbocycles. The molecule has 2 aliphatic rings. The molecule has 1 aromatic rings. The Balaban J connectivity index is 1.45. The number of rotatable bonds is 7. The summed E-state index contributed by atoms with van der Waals surface area (Å²) in [5.41, 5.74) is 1.51. The summed E-state index contributed by atoms with van der Waals surface area (Å²) in [5, 5.41) is 12.5. The lowest BCUT2D eigenvalue weighted by Crippen LogP contribution is -2.26. The molecule has 6 heteroatoms. The number of aromatic nitrogens is 3. The van der Waals surface area contributed by atoms with E-state index in [4.69, 9.17) is 0 Å². The third-order valence-corrected chi connectivity index (χ3v) is 6.20. The fraction of sp³-hybridized carbons (Fsp3) is 0.737. The van der Waals surface area contributed by atoms with E-state index in [-0.39, 0.29) is 5.91 Å². The maximum absolute atomic E-state index is 12.1. The van der Waals surface area contributed by atoms with Crippen LogP contribution in [-0.2, 0) is 4.79 Å². The molecule has 3 rings (SSSR count). The zero-order chi connectivity index (χ0) is 17.5. The molecule has 0 bridgehead atoms. The number of amides is 1. The van der Waals surface area contributed by atoms with Gasteiger partial charge in [-0.2, -0.15) is 0 Å². The van der Waals surface area contributed by atoms with Crippen molar-refractivity contribution in [2.75, 3.05) is 12.3 Å². The molecule has 1 fully saturated rings. The van der Waals surface area contributed by atoms with Crippen molar-refractivity contribution in [2.24, 2.45) is 0 Å². The van der Waals surface area contributed by atoms with Crippen LogP contribution >= 0.6 is 11.8 Å². The molecular formula is C19H30N4OS. The van der Waals surface area contributed by atoms with Crippen molar-refractivity contribution in [3.63, 3.8) is 0 Å². The molecule has 138 valence electrons. The molecule has 1 amide bonds. The quantitative estimate of drug-likeness (QED) is 0.583. The minimum Gasteiger partial charge on any atom is -0.355 e. The lowest BCUT2D eigenvalue weighted by atomic mass is 9.95. The van der Waals surface area contributed by atoms with Gasteiger partial charge in [0.25, 0.3) is 0 Å². The highest BCUT2D eigenvalue weighted by molar-refractivity contribution is 7.99. The maximum Gasteiger partial charge on any atom is 0.230 e. The Morgan fingerprint density at radius 3 is 2.84 bits per heavy atom. The number of hydrogen-bond donors (Lipinski definition) is 1. The molecule has 1 N–H and O–H groups in total. The van der Waals surface area contributed by atoms with Crippen molar-refractivity contribution < 1.29 is 4.79 Å². The third kappa shape index (κ3) is 5.33. The Kier molecular flexibility index (Phi) is 6.96. The van der Waals surface area contributed by atoms with E-state index in [1.165, 1.54) is 75.1 Å². The number of allylic oxidation sites excluding steroid dienone is 1. The van der Waals surface area contributed by atoms with Crippen LogP contribution in [0.1, 0.15) is 76.1 Å². The van der Waals surface area contributed by atoms with Gasteiger partial charge in [0, 0.05) is 12.6 Å². The molecule has 0 atom stereocenters. The van der Waals surface area contributed by atoms with Crippen molar-refractivity contribution >= 4 is 17.7 Å². The number of aryl methyl sites for hydroxylation is 1. The van der Waals surface area contributed by atoms with E-state index in [9.17, 15) is 4.79 Å². The van der Waals surface area contributed by atoms with Crippen LogP contribution in [0.3, 0.4) is 0 Å². The van der Waals surface area contributed by atoms with Crippen molar-refractivity contribution in [1.82, 2.24) is 20.1 Å². The van der Waals surface area contributed by atoms with E-state index in [0.717, 1.165) is 23.9 Å². The van der Waals surface area contributed by atoms with Crippen molar-refractivity contribution in [3.8, 4) is 0 Å². The predicted molar refractivity (Wildman–Crippen MR) is 102 cm³/mol. The minimum atomic E-state index is 0.0947. The molecule has 0 unspecified atom stereocenters. The first-order valence-corrected chi connectivity index (χ1v) is 10.7. The van der Waals surface area contributed by atoms with Crippen LogP contribution in [0.25, 0.3) is 0 Å². The molecule has 0 aromatic carbocycles. The molecule has 25 heavy (non-hydrogen) atoms. The van der Waals surface area contributed by atoms with Gasteiger partial charge in [0.2, 0.25) is 5.91 Å². The highest BCUT2D eigenvalue weighted by Gasteiger charge is 2.21. The van der Waals surface area contributed by atoms with Crippen LogP contribution in [0, 0.1) is 6.92 Å². The number of carbonyl (C=O) groups excluding carboxylic acids is 1. The van der Waals surface area contributed by atoms with Gasteiger partial charge in [-0.15, -0.1) is 10.2 Å². The molecule has 0 aliphatic heterocycles. The third-order valence-electron chi connectivity index (χ3n) is 5.26. The van der Waals surface area contributed by atoms with Gasteiger partial charge in [0.05, 0.1) is 5.75 Å². The van der Waals surface area contributed by atoms with Crippen LogP contribution in [0.5, 0.6) is 0 Å². The molecular weight excluding hydrogens is 332 g/mol. The van der Waals surface area contributed by atoms with Gasteiger partial charge < -0.3 is 9.88 Å². The lowest BCUT2D eigenvalue weighted by molar-refractivity contribution is -0.118. The number of nitrogens with one attached hydrogen (secondary N) is 1. The average molecular weight is 363 g/mol. The first-order valence-electron chi connectivity index (χ1n) is 9.73. The molecule has 0 saturated heterocycles. The summed E-state index contributed by atoms with van der Waals surface area (Å²) < 4.78 is 2.25. The van der Waals surface area contributed by atoms with Crippen LogP contribution in [0.2, 0.25) is 0 Å². The molecule has 5 nitrogen and oxygen atoms in total. The largest absolute Gasteiger partial charge is 0.355 e. The van der Waals surface area contributed by atoms with Gasteiger partial charge >= 0.3 is 0 Å². The summed E-state index contributed by atoms with van der Waals surface area (Å²) in [4.78, 5) is 12.1. The fourth-order valence-electron chi connectivity index (χ4n) is 3.88. The molecule has 1 aromatic heterocycles. The SMILES string of the molecule is Cc1nnc(SCC(=O)NCCC2=CCCCC2)n1C1CCCCC1. The van der Waals surface area contributed by atoms with Crippen molar-refractivity contribution in [1.29, 1.82) is 0 Å². The summed E-state index contributed by atoms with van der Waals surface area (Å²) in [6.07, 6.45) is 14.7. The second-order valence-corrected chi connectivity index (χ2v) is 8.13. The van der Waals surface area contributed by atoms with Gasteiger partial charge in [-0.05, 0) is 51.9 Å². The standard InChI is InChI=1S/C19H30N4OS/c1-15-21-22-19(23(15)17-10-6-3-7-11-17)25-14-18(24)20-13-12-16-8-4-2-5-9-16/h8,17H,2-7,9-14H2,1H3,(H,20,24). The van der Waals surface area contributed by atoms with Gasteiger partial charge in [0.15, 0.2) is 5.16 Å². The molecule has 0 spiro atoms. The van der Waals surface area contributed by atoms with Crippen LogP contribution in [-0.4, -0.2) is 33.0 Å². The summed E-state index contributed by atoms with van der Waals surface area (Å²) in [6, 6.07) is 0.507. The second kappa shape index (κ2) is 9.41. The van der Waals surface area contributed by atoms with Crippen LogP contribution in [0.4, 0.5) is 0 Å². The zero-order valence-corrected chi connectivity index (χ0v) is 16.1. The highest BCUT2D eigenvalue weighted by atomic mass is 32.2. The van der Waals surface area contributed by atoms with E-state index in [1.807, 2.05) is 6.92 Å². The van der Waals surface area contributed by atoms with E-state index >= 15 is 0 Å². The number of hydrogen-bond acceptors (Lipinski definition) is 4. The molecule has 2 aliphatic carbocycles. The second-order valence-electron chi connectivity index (χ2n) is 7.19. The first kappa shape index (κ1) is 18.5. The fourth-order valence-corrected chi connectivity index (χ4v) is 4.76. The Morgan fingerprint density at radius 1 is 1.24 bits per heavy atom. The van der Waals surface area contributed by atoms with E-state index in [0.29, 0.717) is 11.8 Å². The Morgan fingerprint density at radius 2 is 2.08 bits per heavy atom. The van der Waals surface area contributed by atoms with Crippen molar-refractivity contribution in [2.45, 2.75) is 82.3 Å². The van der Waals surface area contributed by atoms with E-state index in [2.05, 4.69) is 26.2 Å². The maximum atomic E-state index is 12.1. The number of nitrogens with zero attached hydrogens (tertiary/aromatic N) is 3. The Hall–Kier alpha value is -1.30. The smallest absolute Gasteiger partial charge is 0.230 e. The topological polar surface area (TPSA) is 59.8 Å². The molecule has 0 radical (unpaired) electrons. The average Bonchev–Trinajstić information content (AvgIpc) is 3.02. The number of thioether (sulfide) groups is 1. The Bertz CT molecular complexity index is 605. The summed E-state index contributed by atoms with van der Waals surface area (Å²) >= 11 is 1.52. The monoisotopic (exact) mass is 362 g/mol. The van der Waals surface area contributed by atoms with Crippen molar-refractivity contribution in [3.05, 3.63) is 17.5 Å². The summed E-state index contributed by atoms with van der Waals surface area (Å²) in [7, 11) is 0. The van der Waals surface area contributed by atoms with E-state index < -0.39 is 0 Å². The predicted octanol–water partition coefficient (Wildman–Crippen LogP) is 4.19. The normalized spacial score (nSPS) is 18.8. The van der Waals surface area contributed by atoms with Crippen LogP contribution in [0.15, 0.2) is 16.8 Å². The van der Waals surface area contributed by atoms with Gasteiger partial charge in [-0.25, -0.2) is 0 Å². The molecule has 1 heterocycles. The lowest BCUT2D eigenvalue weighted by Gasteiger charge is -2.24. The van der Waals surface area contributed by atoms with Gasteiger partial charge in [-0.3, -0.25) is 4.79 Å². The van der Waals surface area contributed by atoms with E-state index in [1.54, 1.807) is 0 Å². The van der Waals surface area contributed by atoms with Crippen LogP contribution < -0.4 is 5.32 Å². The van der Waals surface area contributed by atoms with Gasteiger partial charge in [-0.1, -0.05) is 42.7 Å². The summed E-state index contributed by atoms with van der Waals surface area (Å²) in [5.74, 6) is 1.49. The summed E-state index contributed by atoms with van der Waals surface area (Å²) in [6.45, 7) is 2.77. The minimum absolute atomic E-state index is 0.0947. The zero-order valence-electron chi connectivity index (χ0n) is 15.3. The van der Waals surface area contributed by atoms with Gasteiger partial charge in [0.1, 0.15) is 5.82 Å².